The summed E-state index contributed by atoms with van der Waals surface area (Å²) in [6, 6.07) is 6.95. The fourth-order valence-corrected chi connectivity index (χ4v) is 1.98. The van der Waals surface area contributed by atoms with Gasteiger partial charge in [0.25, 0.3) is 0 Å². The molecule has 0 saturated heterocycles. The minimum atomic E-state index is -0.361. The SMILES string of the molecule is Cc1cc2c(C)cc(=O)[nH]c2cc1NC(=O)CC#N. The number of pyridine rings is 1. The number of hydrogen-bond acceptors (Lipinski definition) is 3. The number of hydrogen-bond donors (Lipinski definition) is 2. The number of nitriles is 1. The molecule has 0 bridgehead atoms. The average molecular weight is 255 g/mol. The maximum atomic E-state index is 11.4. The molecule has 2 aromatic rings. The second-order valence-corrected chi connectivity index (χ2v) is 4.41. The first-order valence-electron chi connectivity index (χ1n) is 5.82. The highest BCUT2D eigenvalue weighted by molar-refractivity contribution is 5.96. The largest absolute Gasteiger partial charge is 0.325 e. The van der Waals surface area contributed by atoms with Crippen molar-refractivity contribution in [1.82, 2.24) is 4.98 Å². The Labute approximate surface area is 109 Å². The monoisotopic (exact) mass is 255 g/mol. The summed E-state index contributed by atoms with van der Waals surface area (Å²) in [5, 5.41) is 12.1. The fourth-order valence-electron chi connectivity index (χ4n) is 1.98. The number of benzene rings is 1. The van der Waals surface area contributed by atoms with E-state index in [1.807, 2.05) is 19.9 Å². The molecule has 1 aromatic carbocycles. The summed E-state index contributed by atoms with van der Waals surface area (Å²) in [6.45, 7) is 3.73. The van der Waals surface area contributed by atoms with E-state index < -0.39 is 0 Å². The molecule has 1 aromatic heterocycles. The lowest BCUT2D eigenvalue weighted by atomic mass is 10.1. The maximum absolute atomic E-state index is 11.4. The molecule has 0 unspecified atom stereocenters. The second-order valence-electron chi connectivity index (χ2n) is 4.41. The molecule has 0 aliphatic heterocycles. The highest BCUT2D eigenvalue weighted by atomic mass is 16.1. The molecule has 5 nitrogen and oxygen atoms in total. The van der Waals surface area contributed by atoms with E-state index in [9.17, 15) is 9.59 Å². The molecule has 0 saturated carbocycles. The summed E-state index contributed by atoms with van der Waals surface area (Å²) >= 11 is 0. The average Bonchev–Trinajstić information content (AvgIpc) is 2.31. The Kier molecular flexibility index (Phi) is 3.34. The number of rotatable bonds is 2. The lowest BCUT2D eigenvalue weighted by Gasteiger charge is -2.10. The van der Waals surface area contributed by atoms with Gasteiger partial charge in [-0.15, -0.1) is 0 Å². The predicted molar refractivity (Wildman–Crippen MR) is 72.9 cm³/mol. The van der Waals surface area contributed by atoms with Gasteiger partial charge in [0.15, 0.2) is 0 Å². The molecular formula is C14H13N3O2. The number of anilines is 1. The van der Waals surface area contributed by atoms with Crippen molar-refractivity contribution < 1.29 is 4.79 Å². The van der Waals surface area contributed by atoms with E-state index in [0.717, 1.165) is 16.5 Å². The molecule has 2 rings (SSSR count). The Hall–Kier alpha value is -2.61. The molecule has 19 heavy (non-hydrogen) atoms. The molecular weight excluding hydrogens is 242 g/mol. The molecule has 0 radical (unpaired) electrons. The Morgan fingerprint density at radius 1 is 1.32 bits per heavy atom. The van der Waals surface area contributed by atoms with E-state index in [1.54, 1.807) is 12.1 Å². The molecule has 0 aliphatic rings. The molecule has 0 atom stereocenters. The number of nitrogens with one attached hydrogen (secondary N) is 2. The smallest absolute Gasteiger partial charge is 0.248 e. The van der Waals surface area contributed by atoms with E-state index in [2.05, 4.69) is 10.3 Å². The number of amides is 1. The van der Waals surface area contributed by atoms with Crippen molar-refractivity contribution in [2.24, 2.45) is 0 Å². The fraction of sp³-hybridized carbons (Fsp3) is 0.214. The molecule has 5 heteroatoms. The first-order chi connectivity index (χ1) is 9.01. The van der Waals surface area contributed by atoms with E-state index in [0.29, 0.717) is 11.2 Å². The summed E-state index contributed by atoms with van der Waals surface area (Å²) in [5.41, 5.74) is 2.87. The van der Waals surface area contributed by atoms with Crippen molar-refractivity contribution in [1.29, 1.82) is 5.26 Å². The highest BCUT2D eigenvalue weighted by Crippen LogP contribution is 2.23. The van der Waals surface area contributed by atoms with Crippen molar-refractivity contribution in [3.8, 4) is 6.07 Å². The number of carbonyl (C=O) groups is 1. The van der Waals surface area contributed by atoms with Crippen LogP contribution in [0.3, 0.4) is 0 Å². The number of H-pyrrole nitrogens is 1. The van der Waals surface area contributed by atoms with Gasteiger partial charge < -0.3 is 10.3 Å². The lowest BCUT2D eigenvalue weighted by molar-refractivity contribution is -0.115. The third-order valence-corrected chi connectivity index (χ3v) is 2.91. The first-order valence-corrected chi connectivity index (χ1v) is 5.82. The summed E-state index contributed by atoms with van der Waals surface area (Å²) in [5.74, 6) is -0.361. The zero-order chi connectivity index (χ0) is 14.0. The van der Waals surface area contributed by atoms with E-state index >= 15 is 0 Å². The number of aromatic amines is 1. The van der Waals surface area contributed by atoms with Gasteiger partial charge in [0.05, 0.1) is 11.6 Å². The van der Waals surface area contributed by atoms with Gasteiger partial charge in [-0.05, 0) is 37.1 Å². The molecule has 2 N–H and O–H groups in total. The van der Waals surface area contributed by atoms with Crippen LogP contribution >= 0.6 is 0 Å². The van der Waals surface area contributed by atoms with Crippen LogP contribution in [0.4, 0.5) is 5.69 Å². The Bertz CT molecular complexity index is 754. The van der Waals surface area contributed by atoms with Gasteiger partial charge in [0.1, 0.15) is 6.42 Å². The minimum Gasteiger partial charge on any atom is -0.325 e. The standard InChI is InChI=1S/C14H13N3O2/c1-8-6-14(19)17-12-7-11(9(2)5-10(8)12)16-13(18)3-4-15/h5-7H,3H2,1-2H3,(H,16,18)(H,17,19). The van der Waals surface area contributed by atoms with Crippen molar-refractivity contribution in [3.05, 3.63) is 39.7 Å². The number of fused-ring (bicyclic) bond motifs is 1. The number of nitrogens with zero attached hydrogens (tertiary/aromatic N) is 1. The van der Waals surface area contributed by atoms with Crippen molar-refractivity contribution in [2.45, 2.75) is 20.3 Å². The van der Waals surface area contributed by atoms with Gasteiger partial charge in [-0.2, -0.15) is 5.26 Å². The van der Waals surface area contributed by atoms with Gasteiger partial charge in [0.2, 0.25) is 11.5 Å². The van der Waals surface area contributed by atoms with Crippen LogP contribution in [0.2, 0.25) is 0 Å². The van der Waals surface area contributed by atoms with E-state index in [4.69, 9.17) is 5.26 Å². The second kappa shape index (κ2) is 4.94. The van der Waals surface area contributed by atoms with Gasteiger partial charge in [-0.1, -0.05) is 0 Å². The number of aryl methyl sites for hydroxylation is 2. The van der Waals surface area contributed by atoms with Gasteiger partial charge in [0, 0.05) is 17.1 Å². The quantitative estimate of drug-likeness (QED) is 0.860. The van der Waals surface area contributed by atoms with Crippen LogP contribution < -0.4 is 10.9 Å². The van der Waals surface area contributed by atoms with E-state index in [1.165, 1.54) is 6.07 Å². The summed E-state index contributed by atoms with van der Waals surface area (Å²) in [4.78, 5) is 25.6. The predicted octanol–water partition coefficient (Wildman–Crippen LogP) is 2.00. The summed E-state index contributed by atoms with van der Waals surface area (Å²) < 4.78 is 0. The van der Waals surface area contributed by atoms with E-state index in [-0.39, 0.29) is 17.9 Å². The highest BCUT2D eigenvalue weighted by Gasteiger charge is 2.07. The molecule has 0 fully saturated rings. The lowest BCUT2D eigenvalue weighted by Crippen LogP contribution is -2.12. The normalized spacial score (nSPS) is 10.2. The first kappa shape index (κ1) is 12.8. The molecule has 0 spiro atoms. The third kappa shape index (κ3) is 2.63. The van der Waals surface area contributed by atoms with Crippen molar-refractivity contribution in [3.63, 3.8) is 0 Å². The van der Waals surface area contributed by atoms with Crippen molar-refractivity contribution >= 4 is 22.5 Å². The zero-order valence-electron chi connectivity index (χ0n) is 10.7. The molecule has 1 amide bonds. The Balaban J connectivity index is 2.53. The summed E-state index contributed by atoms with van der Waals surface area (Å²) in [6.07, 6.45) is -0.193. The van der Waals surface area contributed by atoms with Crippen LogP contribution in [0.1, 0.15) is 17.5 Å². The Morgan fingerprint density at radius 3 is 2.74 bits per heavy atom. The van der Waals surface area contributed by atoms with Gasteiger partial charge in [-0.3, -0.25) is 9.59 Å². The van der Waals surface area contributed by atoms with Crippen LogP contribution in [0, 0.1) is 25.2 Å². The van der Waals surface area contributed by atoms with Gasteiger partial charge in [-0.25, -0.2) is 0 Å². The van der Waals surface area contributed by atoms with Crippen LogP contribution in [0.5, 0.6) is 0 Å². The third-order valence-electron chi connectivity index (χ3n) is 2.91. The molecule has 96 valence electrons. The van der Waals surface area contributed by atoms with Crippen molar-refractivity contribution in [2.75, 3.05) is 5.32 Å². The van der Waals surface area contributed by atoms with Gasteiger partial charge >= 0.3 is 0 Å². The topological polar surface area (TPSA) is 85.8 Å². The molecule has 1 heterocycles. The molecule has 0 aliphatic carbocycles. The summed E-state index contributed by atoms with van der Waals surface area (Å²) in [7, 11) is 0. The number of aromatic nitrogens is 1. The maximum Gasteiger partial charge on any atom is 0.248 e. The van der Waals surface area contributed by atoms with Crippen LogP contribution in [-0.2, 0) is 4.79 Å². The number of carbonyl (C=O) groups excluding carboxylic acids is 1. The van der Waals surface area contributed by atoms with Crippen LogP contribution in [0.25, 0.3) is 10.9 Å². The Morgan fingerprint density at radius 2 is 2.05 bits per heavy atom. The van der Waals surface area contributed by atoms with Crippen LogP contribution in [0.15, 0.2) is 23.0 Å². The van der Waals surface area contributed by atoms with Crippen LogP contribution in [-0.4, -0.2) is 10.9 Å². The zero-order valence-corrected chi connectivity index (χ0v) is 10.7. The minimum absolute atomic E-state index is 0.178.